The molecule has 0 spiro atoms. The lowest BCUT2D eigenvalue weighted by Crippen LogP contribution is -2.38. The van der Waals surface area contributed by atoms with Crippen LogP contribution < -0.4 is 14.8 Å². The number of ether oxygens (including phenoxy) is 2. The van der Waals surface area contributed by atoms with E-state index in [1.807, 2.05) is 33.0 Å². The standard InChI is InChI=1S/C21H33N5O3/c1-8-22-21(23-10-9-19-24-20(14(2)3)25-29-19)26(5)13-16-12-18(28-7)17(27-6)11-15(16)4/h11-12,14H,8-10,13H2,1-7H3,(H,22,23). The zero-order chi connectivity index (χ0) is 21.4. The van der Waals surface area contributed by atoms with Gasteiger partial charge in [0, 0.05) is 32.5 Å². The van der Waals surface area contributed by atoms with Crippen molar-refractivity contribution >= 4 is 5.96 Å². The molecule has 0 radical (unpaired) electrons. The second-order valence-electron chi connectivity index (χ2n) is 7.18. The normalized spacial score (nSPS) is 11.7. The van der Waals surface area contributed by atoms with Crippen molar-refractivity contribution in [3.63, 3.8) is 0 Å². The summed E-state index contributed by atoms with van der Waals surface area (Å²) in [7, 11) is 5.31. The zero-order valence-corrected chi connectivity index (χ0v) is 18.6. The first-order chi connectivity index (χ1) is 13.9. The maximum atomic E-state index is 5.44. The molecule has 0 bridgehead atoms. The van der Waals surface area contributed by atoms with Crippen molar-refractivity contribution in [2.45, 2.75) is 46.6 Å². The lowest BCUT2D eigenvalue weighted by atomic mass is 10.1. The number of benzene rings is 1. The second kappa shape index (κ2) is 10.7. The van der Waals surface area contributed by atoms with Crippen LogP contribution in [0.4, 0.5) is 0 Å². The van der Waals surface area contributed by atoms with Crippen LogP contribution in [-0.2, 0) is 13.0 Å². The third-order valence-corrected chi connectivity index (χ3v) is 4.53. The molecule has 0 fully saturated rings. The van der Waals surface area contributed by atoms with Crippen LogP contribution in [0.25, 0.3) is 0 Å². The molecule has 0 unspecified atom stereocenters. The van der Waals surface area contributed by atoms with Crippen molar-refractivity contribution in [3.05, 3.63) is 35.0 Å². The van der Waals surface area contributed by atoms with E-state index >= 15 is 0 Å². The average Bonchev–Trinajstić information content (AvgIpc) is 3.17. The number of aliphatic imine (C=N–C) groups is 1. The summed E-state index contributed by atoms with van der Waals surface area (Å²) in [4.78, 5) is 11.2. The van der Waals surface area contributed by atoms with Gasteiger partial charge in [0.2, 0.25) is 5.89 Å². The summed E-state index contributed by atoms with van der Waals surface area (Å²) in [5.74, 6) is 3.89. The van der Waals surface area contributed by atoms with Crippen molar-refractivity contribution in [3.8, 4) is 11.5 Å². The molecule has 1 N–H and O–H groups in total. The first-order valence-corrected chi connectivity index (χ1v) is 9.92. The predicted molar refractivity (Wildman–Crippen MR) is 114 cm³/mol. The Balaban J connectivity index is 2.08. The van der Waals surface area contributed by atoms with E-state index in [2.05, 4.69) is 34.2 Å². The summed E-state index contributed by atoms with van der Waals surface area (Å²) >= 11 is 0. The van der Waals surface area contributed by atoms with Gasteiger partial charge in [-0.2, -0.15) is 4.98 Å². The molecule has 2 aromatic rings. The fourth-order valence-corrected chi connectivity index (χ4v) is 2.85. The van der Waals surface area contributed by atoms with Crippen LogP contribution in [0.1, 0.15) is 49.5 Å². The first-order valence-electron chi connectivity index (χ1n) is 9.92. The van der Waals surface area contributed by atoms with Crippen LogP contribution in [0.15, 0.2) is 21.6 Å². The Kier molecular flexibility index (Phi) is 8.30. The number of hydrogen-bond donors (Lipinski definition) is 1. The Morgan fingerprint density at radius 2 is 1.93 bits per heavy atom. The third-order valence-electron chi connectivity index (χ3n) is 4.53. The largest absolute Gasteiger partial charge is 0.493 e. The Bertz CT molecular complexity index is 817. The minimum absolute atomic E-state index is 0.254. The number of rotatable bonds is 9. The van der Waals surface area contributed by atoms with Gasteiger partial charge in [0.25, 0.3) is 0 Å². The highest BCUT2D eigenvalue weighted by molar-refractivity contribution is 5.79. The fourth-order valence-electron chi connectivity index (χ4n) is 2.85. The molecule has 0 amide bonds. The number of methoxy groups -OCH3 is 2. The van der Waals surface area contributed by atoms with Gasteiger partial charge < -0.3 is 24.2 Å². The molecule has 0 saturated heterocycles. The van der Waals surface area contributed by atoms with E-state index in [1.165, 1.54) is 0 Å². The van der Waals surface area contributed by atoms with Crippen molar-refractivity contribution in [2.24, 2.45) is 4.99 Å². The van der Waals surface area contributed by atoms with Crippen LogP contribution in [0, 0.1) is 6.92 Å². The molecule has 1 aromatic carbocycles. The Morgan fingerprint density at radius 1 is 1.24 bits per heavy atom. The quantitative estimate of drug-likeness (QED) is 0.508. The fraction of sp³-hybridized carbons (Fsp3) is 0.571. The first kappa shape index (κ1) is 22.5. The summed E-state index contributed by atoms with van der Waals surface area (Å²) in [5, 5.41) is 7.33. The van der Waals surface area contributed by atoms with Gasteiger partial charge in [0.15, 0.2) is 23.3 Å². The molecule has 0 aliphatic carbocycles. The second-order valence-corrected chi connectivity index (χ2v) is 7.18. The van der Waals surface area contributed by atoms with Crippen molar-refractivity contribution in [2.75, 3.05) is 34.4 Å². The van der Waals surface area contributed by atoms with E-state index in [-0.39, 0.29) is 5.92 Å². The highest BCUT2D eigenvalue weighted by Gasteiger charge is 2.13. The summed E-state index contributed by atoms with van der Waals surface area (Å²) in [6, 6.07) is 4.01. The molecule has 2 rings (SSSR count). The summed E-state index contributed by atoms with van der Waals surface area (Å²) in [5.41, 5.74) is 2.28. The molecule has 1 aromatic heterocycles. The molecule has 0 aliphatic rings. The monoisotopic (exact) mass is 403 g/mol. The Labute approximate surface area is 173 Å². The van der Waals surface area contributed by atoms with Gasteiger partial charge in [-0.3, -0.25) is 4.99 Å². The molecule has 1 heterocycles. The van der Waals surface area contributed by atoms with E-state index in [4.69, 9.17) is 19.0 Å². The van der Waals surface area contributed by atoms with Crippen LogP contribution in [0.2, 0.25) is 0 Å². The number of aromatic nitrogens is 2. The number of aryl methyl sites for hydroxylation is 1. The maximum absolute atomic E-state index is 5.44. The van der Waals surface area contributed by atoms with E-state index in [0.29, 0.717) is 25.4 Å². The zero-order valence-electron chi connectivity index (χ0n) is 18.6. The smallest absolute Gasteiger partial charge is 0.228 e. The molecule has 8 nitrogen and oxygen atoms in total. The third kappa shape index (κ3) is 6.10. The Hall–Kier alpha value is -2.77. The van der Waals surface area contributed by atoms with E-state index < -0.39 is 0 Å². The molecule has 8 heteroatoms. The van der Waals surface area contributed by atoms with Gasteiger partial charge in [0.05, 0.1) is 20.8 Å². The number of nitrogens with one attached hydrogen (secondary N) is 1. The topological polar surface area (TPSA) is 85.0 Å². The number of nitrogens with zero attached hydrogens (tertiary/aromatic N) is 4. The van der Waals surface area contributed by atoms with Gasteiger partial charge in [0.1, 0.15) is 0 Å². The predicted octanol–water partition coefficient (Wildman–Crippen LogP) is 3.16. The molecule has 0 aliphatic heterocycles. The van der Waals surface area contributed by atoms with E-state index in [1.54, 1.807) is 14.2 Å². The lowest BCUT2D eigenvalue weighted by Gasteiger charge is -2.23. The van der Waals surface area contributed by atoms with Crippen LogP contribution in [0.3, 0.4) is 0 Å². The lowest BCUT2D eigenvalue weighted by molar-refractivity contribution is 0.353. The van der Waals surface area contributed by atoms with Crippen molar-refractivity contribution in [1.29, 1.82) is 0 Å². The van der Waals surface area contributed by atoms with Crippen LogP contribution in [-0.4, -0.2) is 55.4 Å². The minimum Gasteiger partial charge on any atom is -0.493 e. The van der Waals surface area contributed by atoms with Crippen LogP contribution >= 0.6 is 0 Å². The highest BCUT2D eigenvalue weighted by atomic mass is 16.5. The Morgan fingerprint density at radius 3 is 2.52 bits per heavy atom. The van der Waals surface area contributed by atoms with Gasteiger partial charge in [-0.25, -0.2) is 0 Å². The van der Waals surface area contributed by atoms with Gasteiger partial charge in [-0.1, -0.05) is 19.0 Å². The van der Waals surface area contributed by atoms with Gasteiger partial charge in [-0.15, -0.1) is 0 Å². The molecule has 29 heavy (non-hydrogen) atoms. The molecule has 0 atom stereocenters. The van der Waals surface area contributed by atoms with E-state index in [9.17, 15) is 0 Å². The molecule has 160 valence electrons. The molecule has 0 saturated carbocycles. The summed E-state index contributed by atoms with van der Waals surface area (Å²) in [6.45, 7) is 10.2. The van der Waals surface area contributed by atoms with E-state index in [0.717, 1.165) is 41.0 Å². The van der Waals surface area contributed by atoms with Crippen LogP contribution in [0.5, 0.6) is 11.5 Å². The van der Waals surface area contributed by atoms with Gasteiger partial charge >= 0.3 is 0 Å². The highest BCUT2D eigenvalue weighted by Crippen LogP contribution is 2.30. The number of guanidine groups is 1. The summed E-state index contributed by atoms with van der Waals surface area (Å²) in [6.07, 6.45) is 0.609. The number of hydrogen-bond acceptors (Lipinski definition) is 6. The molecular formula is C21H33N5O3. The van der Waals surface area contributed by atoms with Crippen molar-refractivity contribution in [1.82, 2.24) is 20.4 Å². The molecular weight excluding hydrogens is 370 g/mol. The maximum Gasteiger partial charge on any atom is 0.228 e. The average molecular weight is 404 g/mol. The van der Waals surface area contributed by atoms with Gasteiger partial charge in [-0.05, 0) is 37.1 Å². The van der Waals surface area contributed by atoms with Crippen molar-refractivity contribution < 1.29 is 14.0 Å². The minimum atomic E-state index is 0.254. The summed E-state index contributed by atoms with van der Waals surface area (Å²) < 4.78 is 16.1. The SMILES string of the molecule is CCNC(=NCCc1nc(C(C)C)no1)N(C)Cc1cc(OC)c(OC)cc1C.